The summed E-state index contributed by atoms with van der Waals surface area (Å²) in [5.41, 5.74) is 5.91. The van der Waals surface area contributed by atoms with Gasteiger partial charge in [-0.1, -0.05) is 59.6 Å². The predicted molar refractivity (Wildman–Crippen MR) is 134 cm³/mol. The number of ketones is 1. The third kappa shape index (κ3) is 4.15. The number of rotatable bonds is 6. The van der Waals surface area contributed by atoms with E-state index in [4.69, 9.17) is 33.7 Å². The van der Waals surface area contributed by atoms with Crippen LogP contribution in [0.25, 0.3) is 11.1 Å². The largest absolute Gasteiger partial charge is 0.497 e. The van der Waals surface area contributed by atoms with Crippen LogP contribution in [0.4, 0.5) is 5.82 Å². The number of methoxy groups -OCH3 is 1. The summed E-state index contributed by atoms with van der Waals surface area (Å²) >= 11 is 12.8. The standard InChI is InChI=1S/C25H17Cl2N3O4S/c1-34-16-10-12-17(13-11-16)35(32,33)30-23(24(31)15-6-3-2-4-7-15)21(18(14-28)25(30)29)22-19(26)8-5-9-20(22)27/h2-13H,29H2,1H3. The molecule has 10 heteroatoms. The van der Waals surface area contributed by atoms with Crippen molar-refractivity contribution in [1.82, 2.24) is 3.97 Å². The zero-order valence-electron chi connectivity index (χ0n) is 18.2. The van der Waals surface area contributed by atoms with Gasteiger partial charge in [0.15, 0.2) is 0 Å². The van der Waals surface area contributed by atoms with E-state index >= 15 is 0 Å². The zero-order valence-corrected chi connectivity index (χ0v) is 20.5. The third-order valence-electron chi connectivity index (χ3n) is 5.34. The number of benzene rings is 3. The minimum absolute atomic E-state index is 0.0634. The minimum atomic E-state index is -4.45. The Kier molecular flexibility index (Phi) is 6.59. The average molecular weight is 526 g/mol. The molecule has 3 aromatic carbocycles. The molecule has 0 aliphatic carbocycles. The van der Waals surface area contributed by atoms with E-state index < -0.39 is 21.6 Å². The first-order chi connectivity index (χ1) is 16.7. The second kappa shape index (κ2) is 9.47. The van der Waals surface area contributed by atoms with Crippen molar-refractivity contribution in [2.24, 2.45) is 0 Å². The highest BCUT2D eigenvalue weighted by Crippen LogP contribution is 2.43. The highest BCUT2D eigenvalue weighted by molar-refractivity contribution is 7.90. The summed E-state index contributed by atoms with van der Waals surface area (Å²) in [7, 11) is -3.00. The Balaban J connectivity index is 2.14. The maximum Gasteiger partial charge on any atom is 0.270 e. The van der Waals surface area contributed by atoms with Crippen LogP contribution in [0.5, 0.6) is 5.75 Å². The third-order valence-corrected chi connectivity index (χ3v) is 7.70. The van der Waals surface area contributed by atoms with Gasteiger partial charge >= 0.3 is 0 Å². The van der Waals surface area contributed by atoms with Crippen molar-refractivity contribution in [1.29, 1.82) is 5.26 Å². The van der Waals surface area contributed by atoms with Gasteiger partial charge in [0.05, 0.1) is 22.1 Å². The van der Waals surface area contributed by atoms with Gasteiger partial charge in [-0.3, -0.25) is 4.79 Å². The Bertz CT molecular complexity index is 1570. The van der Waals surface area contributed by atoms with Gasteiger partial charge in [0.2, 0.25) is 5.78 Å². The number of nitrogens with two attached hydrogens (primary N) is 1. The number of carbonyl (C=O) groups is 1. The van der Waals surface area contributed by atoms with Crippen molar-refractivity contribution in [3.05, 3.63) is 99.7 Å². The molecular weight excluding hydrogens is 509 g/mol. The lowest BCUT2D eigenvalue weighted by Crippen LogP contribution is -2.21. The molecule has 0 unspecified atom stereocenters. The summed E-state index contributed by atoms with van der Waals surface area (Å²) in [6.45, 7) is 0. The molecule has 0 radical (unpaired) electrons. The first-order valence-electron chi connectivity index (χ1n) is 10.1. The van der Waals surface area contributed by atoms with E-state index in [2.05, 4.69) is 0 Å². The van der Waals surface area contributed by atoms with Crippen LogP contribution >= 0.6 is 23.2 Å². The van der Waals surface area contributed by atoms with Gasteiger partial charge < -0.3 is 10.5 Å². The van der Waals surface area contributed by atoms with Gasteiger partial charge in [-0.15, -0.1) is 0 Å². The number of hydrogen-bond donors (Lipinski definition) is 1. The van der Waals surface area contributed by atoms with Crippen molar-refractivity contribution >= 4 is 44.8 Å². The molecule has 0 aliphatic heterocycles. The molecule has 1 heterocycles. The van der Waals surface area contributed by atoms with Crippen LogP contribution in [0.15, 0.2) is 77.7 Å². The summed E-state index contributed by atoms with van der Waals surface area (Å²) in [6.07, 6.45) is 0. The molecule has 7 nitrogen and oxygen atoms in total. The first-order valence-corrected chi connectivity index (χ1v) is 12.3. The molecule has 2 N–H and O–H groups in total. The fraction of sp³-hybridized carbons (Fsp3) is 0.0400. The number of carbonyl (C=O) groups excluding carboxylic acids is 1. The monoisotopic (exact) mass is 525 g/mol. The Morgan fingerprint density at radius 3 is 2.09 bits per heavy atom. The predicted octanol–water partition coefficient (Wildman–Crippen LogP) is 5.39. The minimum Gasteiger partial charge on any atom is -0.497 e. The molecule has 0 saturated heterocycles. The van der Waals surface area contributed by atoms with Crippen LogP contribution in [0.2, 0.25) is 10.0 Å². The maximum absolute atomic E-state index is 13.8. The van der Waals surface area contributed by atoms with Gasteiger partial charge in [0.25, 0.3) is 10.0 Å². The number of nitrogen functional groups attached to an aromatic ring is 1. The van der Waals surface area contributed by atoms with E-state index in [0.717, 1.165) is 0 Å². The summed E-state index contributed by atoms with van der Waals surface area (Å²) in [5, 5.41) is 10.2. The molecule has 0 amide bonds. The Hall–Kier alpha value is -3.77. The summed E-state index contributed by atoms with van der Waals surface area (Å²) in [5.74, 6) is -0.679. The number of nitriles is 1. The van der Waals surface area contributed by atoms with E-state index in [-0.39, 0.29) is 42.9 Å². The Morgan fingerprint density at radius 2 is 1.54 bits per heavy atom. The molecule has 0 spiro atoms. The van der Waals surface area contributed by atoms with Crippen LogP contribution in [0, 0.1) is 11.3 Å². The van der Waals surface area contributed by atoms with Gasteiger partial charge in [-0.05, 0) is 36.4 Å². The highest BCUT2D eigenvalue weighted by atomic mass is 35.5. The van der Waals surface area contributed by atoms with Crippen molar-refractivity contribution in [2.45, 2.75) is 4.90 Å². The number of aromatic nitrogens is 1. The van der Waals surface area contributed by atoms with Crippen molar-refractivity contribution < 1.29 is 17.9 Å². The number of hydrogen-bond acceptors (Lipinski definition) is 6. The van der Waals surface area contributed by atoms with Gasteiger partial charge in [-0.2, -0.15) is 5.26 Å². The van der Waals surface area contributed by atoms with Crippen molar-refractivity contribution in [3.8, 4) is 22.9 Å². The fourth-order valence-electron chi connectivity index (χ4n) is 3.70. The molecule has 4 aromatic rings. The van der Waals surface area contributed by atoms with Gasteiger partial charge in [-0.25, -0.2) is 12.4 Å². The quantitative estimate of drug-likeness (QED) is 0.337. The molecule has 35 heavy (non-hydrogen) atoms. The molecular formula is C25H17Cl2N3O4S. The lowest BCUT2D eigenvalue weighted by atomic mass is 9.97. The van der Waals surface area contributed by atoms with Crippen LogP contribution in [-0.4, -0.2) is 25.3 Å². The van der Waals surface area contributed by atoms with E-state index in [1.165, 1.54) is 55.6 Å². The van der Waals surface area contributed by atoms with Crippen molar-refractivity contribution in [3.63, 3.8) is 0 Å². The maximum atomic E-state index is 13.8. The normalized spacial score (nSPS) is 11.1. The average Bonchev–Trinajstić information content (AvgIpc) is 3.16. The van der Waals surface area contributed by atoms with E-state index in [1.54, 1.807) is 24.3 Å². The smallest absolute Gasteiger partial charge is 0.270 e. The van der Waals surface area contributed by atoms with E-state index in [0.29, 0.717) is 9.72 Å². The van der Waals surface area contributed by atoms with Gasteiger partial charge in [0.1, 0.15) is 28.9 Å². The lowest BCUT2D eigenvalue weighted by Gasteiger charge is -2.14. The molecule has 176 valence electrons. The van der Waals surface area contributed by atoms with Crippen LogP contribution < -0.4 is 10.5 Å². The molecule has 4 rings (SSSR count). The highest BCUT2D eigenvalue weighted by Gasteiger charge is 2.35. The topological polar surface area (TPSA) is 115 Å². The van der Waals surface area contributed by atoms with Crippen molar-refractivity contribution in [2.75, 3.05) is 12.8 Å². The second-order valence-corrected chi connectivity index (χ2v) is 9.93. The molecule has 0 bridgehead atoms. The lowest BCUT2D eigenvalue weighted by molar-refractivity contribution is 0.103. The van der Waals surface area contributed by atoms with Crippen LogP contribution in [0.1, 0.15) is 21.6 Å². The van der Waals surface area contributed by atoms with E-state index in [1.807, 2.05) is 6.07 Å². The number of halogens is 2. The second-order valence-electron chi connectivity index (χ2n) is 7.33. The summed E-state index contributed by atoms with van der Waals surface area (Å²) in [6, 6.07) is 20.2. The van der Waals surface area contributed by atoms with E-state index in [9.17, 15) is 18.5 Å². The Labute approximate surface area is 211 Å². The fourth-order valence-corrected chi connectivity index (χ4v) is 5.74. The number of anilines is 1. The molecule has 0 atom stereocenters. The van der Waals surface area contributed by atoms with Gasteiger partial charge in [0, 0.05) is 16.7 Å². The SMILES string of the molecule is COc1ccc(S(=O)(=O)n2c(N)c(C#N)c(-c3c(Cl)cccc3Cl)c2C(=O)c2ccccc2)cc1. The van der Waals surface area contributed by atoms with Crippen LogP contribution in [-0.2, 0) is 10.0 Å². The molecule has 0 aliphatic rings. The summed E-state index contributed by atoms with van der Waals surface area (Å²) < 4.78 is 33.4. The van der Waals surface area contributed by atoms with Crippen LogP contribution in [0.3, 0.4) is 0 Å². The Morgan fingerprint density at radius 1 is 0.943 bits per heavy atom. The molecule has 1 aromatic heterocycles. The molecule has 0 fully saturated rings. The number of ether oxygens (including phenoxy) is 1. The summed E-state index contributed by atoms with van der Waals surface area (Å²) in [4.78, 5) is 13.6. The first kappa shape index (κ1) is 24.4. The zero-order chi connectivity index (χ0) is 25.3. The molecule has 0 saturated carbocycles. The number of nitrogens with zero attached hydrogens (tertiary/aromatic N) is 2.